The van der Waals surface area contributed by atoms with E-state index in [9.17, 15) is 14.9 Å². The van der Waals surface area contributed by atoms with Crippen LogP contribution in [0.15, 0.2) is 42.5 Å². The van der Waals surface area contributed by atoms with Crippen LogP contribution in [0.5, 0.6) is 11.5 Å². The smallest absolute Gasteiger partial charge is 0.311 e. The molecule has 1 amide bonds. The minimum atomic E-state index is -0.531. The average Bonchev–Trinajstić information content (AvgIpc) is 2.73. The highest BCUT2D eigenvalue weighted by Gasteiger charge is 2.31. The van der Waals surface area contributed by atoms with E-state index in [1.54, 1.807) is 25.0 Å². The molecular weight excluding hydrogens is 398 g/mol. The van der Waals surface area contributed by atoms with Gasteiger partial charge in [-0.25, -0.2) is 0 Å². The SMILES string of the molecule is CCOc1ccc(C(=O)N2CCNCC2c2ccccc2OC)cc1[N+](=O)[O-].Cl. The van der Waals surface area contributed by atoms with Gasteiger partial charge in [0.15, 0.2) is 5.75 Å². The number of rotatable bonds is 6. The highest BCUT2D eigenvalue weighted by atomic mass is 35.5. The van der Waals surface area contributed by atoms with Gasteiger partial charge in [0.2, 0.25) is 0 Å². The number of para-hydroxylation sites is 1. The molecule has 1 aliphatic heterocycles. The van der Waals surface area contributed by atoms with Crippen LogP contribution in [0.2, 0.25) is 0 Å². The molecule has 29 heavy (non-hydrogen) atoms. The van der Waals surface area contributed by atoms with Gasteiger partial charge in [0, 0.05) is 36.8 Å². The van der Waals surface area contributed by atoms with Gasteiger partial charge in [-0.3, -0.25) is 14.9 Å². The summed E-state index contributed by atoms with van der Waals surface area (Å²) in [5.41, 5.74) is 0.944. The molecule has 1 heterocycles. The minimum absolute atomic E-state index is 0. The molecular formula is C20H24ClN3O5. The van der Waals surface area contributed by atoms with E-state index < -0.39 is 4.92 Å². The van der Waals surface area contributed by atoms with E-state index in [1.165, 1.54) is 12.1 Å². The number of ether oxygens (including phenoxy) is 2. The summed E-state index contributed by atoms with van der Waals surface area (Å²) >= 11 is 0. The lowest BCUT2D eigenvalue weighted by Crippen LogP contribution is -2.48. The number of nitro benzene ring substituents is 1. The molecule has 1 fully saturated rings. The number of halogens is 1. The predicted octanol–water partition coefficient (Wildman–Crippen LogP) is 3.21. The summed E-state index contributed by atoms with van der Waals surface area (Å²) in [6.45, 7) is 3.77. The summed E-state index contributed by atoms with van der Waals surface area (Å²) in [7, 11) is 1.59. The monoisotopic (exact) mass is 421 g/mol. The molecule has 0 aliphatic carbocycles. The average molecular weight is 422 g/mol. The number of carbonyl (C=O) groups excluding carboxylic acids is 1. The van der Waals surface area contributed by atoms with Gasteiger partial charge in [-0.1, -0.05) is 18.2 Å². The van der Waals surface area contributed by atoms with Crippen molar-refractivity contribution in [1.82, 2.24) is 10.2 Å². The number of hydrogen-bond donors (Lipinski definition) is 1. The number of nitrogens with zero attached hydrogens (tertiary/aromatic N) is 2. The first-order chi connectivity index (χ1) is 13.6. The third-order valence-electron chi connectivity index (χ3n) is 4.70. The van der Waals surface area contributed by atoms with Crippen molar-refractivity contribution in [3.8, 4) is 11.5 Å². The molecule has 0 bridgehead atoms. The van der Waals surface area contributed by atoms with Crippen molar-refractivity contribution in [2.75, 3.05) is 33.4 Å². The summed E-state index contributed by atoms with van der Waals surface area (Å²) < 4.78 is 10.8. The molecule has 1 unspecified atom stereocenters. The lowest BCUT2D eigenvalue weighted by Gasteiger charge is -2.37. The van der Waals surface area contributed by atoms with Gasteiger partial charge in [-0.2, -0.15) is 0 Å². The van der Waals surface area contributed by atoms with E-state index in [2.05, 4.69) is 5.32 Å². The number of hydrogen-bond acceptors (Lipinski definition) is 6. The summed E-state index contributed by atoms with van der Waals surface area (Å²) in [5, 5.41) is 14.7. The van der Waals surface area contributed by atoms with E-state index in [0.717, 1.165) is 5.56 Å². The summed E-state index contributed by atoms with van der Waals surface area (Å²) in [6.07, 6.45) is 0. The lowest BCUT2D eigenvalue weighted by atomic mass is 10.0. The Labute approximate surface area is 175 Å². The largest absolute Gasteiger partial charge is 0.496 e. The number of piperazine rings is 1. The fourth-order valence-corrected chi connectivity index (χ4v) is 3.40. The van der Waals surface area contributed by atoms with E-state index in [0.29, 0.717) is 32.0 Å². The maximum atomic E-state index is 13.2. The van der Waals surface area contributed by atoms with E-state index >= 15 is 0 Å². The van der Waals surface area contributed by atoms with Gasteiger partial charge < -0.3 is 19.7 Å². The van der Waals surface area contributed by atoms with Crippen LogP contribution in [-0.2, 0) is 0 Å². The Morgan fingerprint density at radius 2 is 2.03 bits per heavy atom. The maximum Gasteiger partial charge on any atom is 0.311 e. The zero-order valence-electron chi connectivity index (χ0n) is 16.3. The molecule has 1 aliphatic rings. The van der Waals surface area contributed by atoms with Crippen LogP contribution in [0.25, 0.3) is 0 Å². The summed E-state index contributed by atoms with van der Waals surface area (Å²) in [6, 6.07) is 11.7. The Balaban J connectivity index is 0.00000300. The van der Waals surface area contributed by atoms with E-state index in [4.69, 9.17) is 9.47 Å². The van der Waals surface area contributed by atoms with Crippen molar-refractivity contribution < 1.29 is 19.2 Å². The number of carbonyl (C=O) groups is 1. The molecule has 0 saturated carbocycles. The van der Waals surface area contributed by atoms with Crippen LogP contribution in [0.1, 0.15) is 28.9 Å². The number of nitro groups is 1. The molecule has 3 rings (SSSR count). The number of methoxy groups -OCH3 is 1. The van der Waals surface area contributed by atoms with Gasteiger partial charge >= 0.3 is 5.69 Å². The van der Waals surface area contributed by atoms with Crippen molar-refractivity contribution in [3.05, 3.63) is 63.7 Å². The molecule has 2 aromatic carbocycles. The second-order valence-corrected chi connectivity index (χ2v) is 6.33. The van der Waals surface area contributed by atoms with Gasteiger partial charge in [-0.15, -0.1) is 12.4 Å². The molecule has 1 atom stereocenters. The van der Waals surface area contributed by atoms with Crippen LogP contribution in [0.4, 0.5) is 5.69 Å². The zero-order chi connectivity index (χ0) is 20.1. The molecule has 9 heteroatoms. The highest BCUT2D eigenvalue weighted by molar-refractivity contribution is 5.95. The second-order valence-electron chi connectivity index (χ2n) is 6.33. The molecule has 1 N–H and O–H groups in total. The Kier molecular flexibility index (Phi) is 7.81. The van der Waals surface area contributed by atoms with Gasteiger partial charge in [0.05, 0.1) is 24.7 Å². The van der Waals surface area contributed by atoms with Gasteiger partial charge in [-0.05, 0) is 25.1 Å². The third kappa shape index (κ3) is 4.78. The highest BCUT2D eigenvalue weighted by Crippen LogP contribution is 2.33. The van der Waals surface area contributed by atoms with Crippen LogP contribution in [0.3, 0.4) is 0 Å². The van der Waals surface area contributed by atoms with Crippen molar-refractivity contribution in [3.63, 3.8) is 0 Å². The van der Waals surface area contributed by atoms with Crippen LogP contribution in [-0.4, -0.2) is 49.1 Å². The topological polar surface area (TPSA) is 93.9 Å². The van der Waals surface area contributed by atoms with Gasteiger partial charge in [0.25, 0.3) is 5.91 Å². The Morgan fingerprint density at radius 3 is 2.72 bits per heavy atom. The first-order valence-corrected chi connectivity index (χ1v) is 9.12. The molecule has 0 radical (unpaired) electrons. The normalized spacial score (nSPS) is 15.9. The van der Waals surface area contributed by atoms with Crippen molar-refractivity contribution in [2.24, 2.45) is 0 Å². The molecule has 8 nitrogen and oxygen atoms in total. The Morgan fingerprint density at radius 1 is 1.28 bits per heavy atom. The molecule has 156 valence electrons. The fourth-order valence-electron chi connectivity index (χ4n) is 3.40. The second kappa shape index (κ2) is 10.1. The summed E-state index contributed by atoms with van der Waals surface area (Å²) in [5.74, 6) is 0.598. The Hall–Kier alpha value is -2.84. The number of amides is 1. The van der Waals surface area contributed by atoms with Crippen molar-refractivity contribution in [2.45, 2.75) is 13.0 Å². The molecule has 0 spiro atoms. The maximum absolute atomic E-state index is 13.2. The first kappa shape index (κ1) is 22.4. The van der Waals surface area contributed by atoms with Crippen LogP contribution in [0, 0.1) is 10.1 Å². The summed E-state index contributed by atoms with van der Waals surface area (Å²) in [4.78, 5) is 25.8. The molecule has 1 saturated heterocycles. The Bertz CT molecular complexity index is 877. The molecule has 0 aromatic heterocycles. The van der Waals surface area contributed by atoms with Crippen LogP contribution >= 0.6 is 12.4 Å². The van der Waals surface area contributed by atoms with E-state index in [1.807, 2.05) is 24.3 Å². The lowest BCUT2D eigenvalue weighted by molar-refractivity contribution is -0.385. The third-order valence-corrected chi connectivity index (χ3v) is 4.70. The van der Waals surface area contributed by atoms with Crippen molar-refractivity contribution in [1.29, 1.82) is 0 Å². The number of benzene rings is 2. The van der Waals surface area contributed by atoms with E-state index in [-0.39, 0.29) is 41.4 Å². The zero-order valence-corrected chi connectivity index (χ0v) is 17.1. The van der Waals surface area contributed by atoms with Crippen molar-refractivity contribution >= 4 is 24.0 Å². The fraction of sp³-hybridized carbons (Fsp3) is 0.350. The first-order valence-electron chi connectivity index (χ1n) is 9.12. The number of nitrogens with one attached hydrogen (secondary N) is 1. The standard InChI is InChI=1S/C20H23N3O5.ClH/c1-3-28-19-9-8-14(12-16(19)23(25)26)20(24)22-11-10-21-13-17(22)15-6-4-5-7-18(15)27-2;/h4-9,12,17,21H,3,10-11,13H2,1-2H3;1H. The quantitative estimate of drug-likeness (QED) is 0.568. The van der Waals surface area contributed by atoms with Crippen LogP contribution < -0.4 is 14.8 Å². The minimum Gasteiger partial charge on any atom is -0.496 e. The van der Waals surface area contributed by atoms with Gasteiger partial charge in [0.1, 0.15) is 5.75 Å². The molecule has 2 aromatic rings. The predicted molar refractivity (Wildman–Crippen MR) is 111 cm³/mol.